The molecule has 0 saturated carbocycles. The van der Waals surface area contributed by atoms with Gasteiger partial charge >= 0.3 is 0 Å². The maximum absolute atomic E-state index is 12.2. The number of carbonyl (C=O) groups is 1. The fourth-order valence-corrected chi connectivity index (χ4v) is 2.48. The molecule has 1 saturated heterocycles. The van der Waals surface area contributed by atoms with E-state index in [9.17, 15) is 4.79 Å². The summed E-state index contributed by atoms with van der Waals surface area (Å²) in [5.41, 5.74) is 8.03. The van der Waals surface area contributed by atoms with Gasteiger partial charge in [-0.2, -0.15) is 0 Å². The lowest BCUT2D eigenvalue weighted by Crippen LogP contribution is -2.49. The van der Waals surface area contributed by atoms with Crippen molar-refractivity contribution in [1.29, 1.82) is 0 Å². The van der Waals surface area contributed by atoms with Crippen LogP contribution in [0.5, 0.6) is 0 Å². The summed E-state index contributed by atoms with van der Waals surface area (Å²) in [6.45, 7) is 3.66. The molecular weight excluding hydrogens is 272 g/mol. The number of rotatable bonds is 4. The van der Waals surface area contributed by atoms with Crippen LogP contribution in [0.4, 0.5) is 0 Å². The van der Waals surface area contributed by atoms with Crippen LogP contribution >= 0.6 is 12.2 Å². The van der Waals surface area contributed by atoms with Crippen LogP contribution < -0.4 is 5.73 Å². The maximum Gasteiger partial charge on any atom is 0.223 e. The third-order valence-electron chi connectivity index (χ3n) is 3.61. The molecule has 0 bridgehead atoms. The van der Waals surface area contributed by atoms with Crippen LogP contribution in [0.1, 0.15) is 17.5 Å². The van der Waals surface area contributed by atoms with Gasteiger partial charge in [0.1, 0.15) is 11.1 Å². The van der Waals surface area contributed by atoms with Crippen molar-refractivity contribution >= 4 is 23.1 Å². The van der Waals surface area contributed by atoms with Gasteiger partial charge in [0, 0.05) is 13.0 Å². The van der Waals surface area contributed by atoms with Gasteiger partial charge in [0.15, 0.2) is 0 Å². The maximum atomic E-state index is 12.2. The lowest BCUT2D eigenvalue weighted by Gasteiger charge is -2.32. The number of hydrogen-bond acceptors (Lipinski definition) is 3. The summed E-state index contributed by atoms with van der Waals surface area (Å²) in [5.74, 6) is 0.137. The van der Waals surface area contributed by atoms with Crippen LogP contribution in [-0.2, 0) is 16.0 Å². The second-order valence-electron chi connectivity index (χ2n) is 5.03. The summed E-state index contributed by atoms with van der Waals surface area (Å²) in [7, 11) is 0. The number of amides is 1. The third kappa shape index (κ3) is 3.77. The Balaban J connectivity index is 1.89. The second kappa shape index (κ2) is 6.81. The summed E-state index contributed by atoms with van der Waals surface area (Å²) < 4.78 is 5.44. The van der Waals surface area contributed by atoms with Crippen molar-refractivity contribution < 1.29 is 9.53 Å². The van der Waals surface area contributed by atoms with Crippen molar-refractivity contribution in [2.45, 2.75) is 25.9 Å². The minimum Gasteiger partial charge on any atom is -0.391 e. The SMILES string of the molecule is Cc1ccccc1CCC(=O)N1CCOC(C(N)=S)C1. The van der Waals surface area contributed by atoms with Crippen LogP contribution in [0.2, 0.25) is 0 Å². The van der Waals surface area contributed by atoms with E-state index in [4.69, 9.17) is 22.7 Å². The van der Waals surface area contributed by atoms with E-state index in [2.05, 4.69) is 19.1 Å². The molecule has 0 aliphatic carbocycles. The van der Waals surface area contributed by atoms with Gasteiger partial charge in [-0.25, -0.2) is 0 Å². The Kier molecular flexibility index (Phi) is 5.09. The Morgan fingerprint density at radius 1 is 1.50 bits per heavy atom. The van der Waals surface area contributed by atoms with E-state index in [-0.39, 0.29) is 12.0 Å². The van der Waals surface area contributed by atoms with Crippen molar-refractivity contribution in [3.63, 3.8) is 0 Å². The minimum atomic E-state index is -0.304. The van der Waals surface area contributed by atoms with Crippen LogP contribution in [0.3, 0.4) is 0 Å². The molecule has 2 rings (SSSR count). The van der Waals surface area contributed by atoms with Crippen molar-refractivity contribution in [3.8, 4) is 0 Å². The molecule has 1 atom stereocenters. The average Bonchev–Trinajstić information content (AvgIpc) is 2.46. The summed E-state index contributed by atoms with van der Waals surface area (Å²) >= 11 is 4.93. The van der Waals surface area contributed by atoms with Gasteiger partial charge in [-0.3, -0.25) is 4.79 Å². The van der Waals surface area contributed by atoms with E-state index in [0.717, 1.165) is 6.42 Å². The average molecular weight is 292 g/mol. The molecule has 1 heterocycles. The molecule has 1 aliphatic rings. The van der Waals surface area contributed by atoms with E-state index in [1.807, 2.05) is 12.1 Å². The van der Waals surface area contributed by atoms with Gasteiger partial charge in [-0.1, -0.05) is 36.5 Å². The topological polar surface area (TPSA) is 55.6 Å². The summed E-state index contributed by atoms with van der Waals surface area (Å²) in [4.78, 5) is 14.4. The molecule has 20 heavy (non-hydrogen) atoms. The predicted molar refractivity (Wildman–Crippen MR) is 82.6 cm³/mol. The van der Waals surface area contributed by atoms with Gasteiger partial charge < -0.3 is 15.4 Å². The molecule has 1 amide bonds. The molecule has 2 N–H and O–H groups in total. The second-order valence-corrected chi connectivity index (χ2v) is 5.50. The van der Waals surface area contributed by atoms with Gasteiger partial charge in [-0.05, 0) is 24.5 Å². The van der Waals surface area contributed by atoms with Gasteiger partial charge in [0.25, 0.3) is 0 Å². The highest BCUT2D eigenvalue weighted by Gasteiger charge is 2.25. The van der Waals surface area contributed by atoms with Crippen molar-refractivity contribution in [2.75, 3.05) is 19.7 Å². The molecule has 1 aromatic rings. The molecule has 1 aromatic carbocycles. The number of morpholine rings is 1. The number of thiocarbonyl (C=S) groups is 1. The number of ether oxygens (including phenoxy) is 1. The smallest absolute Gasteiger partial charge is 0.223 e. The largest absolute Gasteiger partial charge is 0.391 e. The van der Waals surface area contributed by atoms with E-state index in [1.54, 1.807) is 4.90 Å². The molecular formula is C15H20N2O2S. The first-order valence-corrected chi connectivity index (χ1v) is 7.22. The van der Waals surface area contributed by atoms with Gasteiger partial charge in [-0.15, -0.1) is 0 Å². The van der Waals surface area contributed by atoms with E-state index in [1.165, 1.54) is 11.1 Å². The van der Waals surface area contributed by atoms with E-state index >= 15 is 0 Å². The first-order chi connectivity index (χ1) is 9.58. The predicted octanol–water partition coefficient (Wildman–Crippen LogP) is 1.44. The third-order valence-corrected chi connectivity index (χ3v) is 3.87. The highest BCUT2D eigenvalue weighted by Crippen LogP contribution is 2.12. The van der Waals surface area contributed by atoms with Crippen molar-refractivity contribution in [1.82, 2.24) is 4.90 Å². The molecule has 1 unspecified atom stereocenters. The lowest BCUT2D eigenvalue weighted by molar-refractivity contribution is -0.136. The zero-order chi connectivity index (χ0) is 14.5. The van der Waals surface area contributed by atoms with Gasteiger partial charge in [0.2, 0.25) is 5.91 Å². The number of hydrogen-bond donors (Lipinski definition) is 1. The standard InChI is InChI=1S/C15H20N2O2S/c1-11-4-2-3-5-12(11)6-7-14(18)17-8-9-19-13(10-17)15(16)20/h2-5,13H,6-10H2,1H3,(H2,16,20). The highest BCUT2D eigenvalue weighted by atomic mass is 32.1. The summed E-state index contributed by atoms with van der Waals surface area (Å²) in [6, 6.07) is 8.15. The highest BCUT2D eigenvalue weighted by molar-refractivity contribution is 7.80. The quantitative estimate of drug-likeness (QED) is 0.853. The first kappa shape index (κ1) is 14.9. The molecule has 0 spiro atoms. The summed E-state index contributed by atoms with van der Waals surface area (Å²) in [6.07, 6.45) is 0.969. The van der Waals surface area contributed by atoms with Crippen LogP contribution in [0, 0.1) is 6.92 Å². The zero-order valence-electron chi connectivity index (χ0n) is 11.7. The molecule has 108 valence electrons. The Morgan fingerprint density at radius 3 is 2.95 bits per heavy atom. The molecule has 0 radical (unpaired) electrons. The number of carbonyl (C=O) groups excluding carboxylic acids is 1. The van der Waals surface area contributed by atoms with E-state index in [0.29, 0.717) is 31.1 Å². The molecule has 0 aromatic heterocycles. The van der Waals surface area contributed by atoms with E-state index < -0.39 is 0 Å². The molecule has 4 nitrogen and oxygen atoms in total. The molecule has 5 heteroatoms. The fourth-order valence-electron chi connectivity index (χ4n) is 2.34. The van der Waals surface area contributed by atoms with Crippen molar-refractivity contribution in [2.24, 2.45) is 5.73 Å². The van der Waals surface area contributed by atoms with Crippen molar-refractivity contribution in [3.05, 3.63) is 35.4 Å². The van der Waals surface area contributed by atoms with Gasteiger partial charge in [0.05, 0.1) is 13.2 Å². The Bertz CT molecular complexity index is 504. The number of nitrogens with two attached hydrogens (primary N) is 1. The first-order valence-electron chi connectivity index (χ1n) is 6.81. The molecule has 1 fully saturated rings. The Hall–Kier alpha value is -1.46. The summed E-state index contributed by atoms with van der Waals surface area (Å²) in [5, 5.41) is 0. The number of nitrogens with zero attached hydrogens (tertiary/aromatic N) is 1. The van der Waals surface area contributed by atoms with Crippen LogP contribution in [-0.4, -0.2) is 41.6 Å². The molecule has 1 aliphatic heterocycles. The van der Waals surface area contributed by atoms with Crippen LogP contribution in [0.25, 0.3) is 0 Å². The minimum absolute atomic E-state index is 0.137. The Labute approximate surface area is 124 Å². The van der Waals surface area contributed by atoms with Crippen LogP contribution in [0.15, 0.2) is 24.3 Å². The normalized spacial score (nSPS) is 18.9. The fraction of sp³-hybridized carbons (Fsp3) is 0.467. The lowest BCUT2D eigenvalue weighted by atomic mass is 10.0. The Morgan fingerprint density at radius 2 is 2.25 bits per heavy atom. The zero-order valence-corrected chi connectivity index (χ0v) is 12.5. The number of aryl methyl sites for hydroxylation is 2. The monoisotopic (exact) mass is 292 g/mol. The number of benzene rings is 1.